The number of nitrogens with zero attached hydrogens (tertiary/aromatic N) is 3. The third kappa shape index (κ3) is 4.90. The molecule has 0 aliphatic carbocycles. The van der Waals surface area contributed by atoms with Crippen molar-refractivity contribution in [3.05, 3.63) is 30.0 Å². The van der Waals surface area contributed by atoms with E-state index in [1.165, 1.54) is 7.11 Å². The predicted octanol–water partition coefficient (Wildman–Crippen LogP) is 2.08. The van der Waals surface area contributed by atoms with Crippen LogP contribution in [0, 0.1) is 11.3 Å². The van der Waals surface area contributed by atoms with Crippen LogP contribution in [-0.2, 0) is 4.79 Å². The molecule has 0 radical (unpaired) electrons. The molecule has 1 aromatic rings. The third-order valence-corrected chi connectivity index (χ3v) is 4.62. The lowest BCUT2D eigenvalue weighted by molar-refractivity contribution is -0.112. The Morgan fingerprint density at radius 2 is 2.04 bits per heavy atom. The van der Waals surface area contributed by atoms with Gasteiger partial charge >= 0.3 is 0 Å². The van der Waals surface area contributed by atoms with E-state index in [4.69, 9.17) is 9.47 Å². The van der Waals surface area contributed by atoms with E-state index in [0.717, 1.165) is 25.9 Å². The topological polar surface area (TPSA) is 77.8 Å². The molecule has 7 heteroatoms. The Morgan fingerprint density at radius 3 is 2.62 bits per heavy atom. The second-order valence-electron chi connectivity index (χ2n) is 6.37. The highest BCUT2D eigenvalue weighted by Gasteiger charge is 2.21. The van der Waals surface area contributed by atoms with Gasteiger partial charge < -0.3 is 24.6 Å². The second-order valence-corrected chi connectivity index (χ2v) is 6.37. The van der Waals surface area contributed by atoms with Crippen LogP contribution < -0.4 is 14.8 Å². The zero-order valence-electron chi connectivity index (χ0n) is 15.8. The van der Waals surface area contributed by atoms with Crippen LogP contribution in [0.2, 0.25) is 0 Å². The van der Waals surface area contributed by atoms with Crippen molar-refractivity contribution in [2.75, 3.05) is 46.7 Å². The average molecular weight is 358 g/mol. The van der Waals surface area contributed by atoms with Gasteiger partial charge in [0.05, 0.1) is 19.9 Å². The molecule has 1 aliphatic heterocycles. The number of nitriles is 1. The van der Waals surface area contributed by atoms with E-state index in [1.54, 1.807) is 31.5 Å². The van der Waals surface area contributed by atoms with Crippen molar-refractivity contribution in [2.24, 2.45) is 0 Å². The minimum atomic E-state index is -0.473. The minimum absolute atomic E-state index is 0.0521. The first kappa shape index (κ1) is 19.6. The Morgan fingerprint density at radius 1 is 1.35 bits per heavy atom. The first-order chi connectivity index (χ1) is 12.5. The largest absolute Gasteiger partial charge is 0.497 e. The van der Waals surface area contributed by atoms with Crippen LogP contribution >= 0.6 is 0 Å². The third-order valence-electron chi connectivity index (χ3n) is 4.62. The number of likely N-dealkylation sites (tertiary alicyclic amines) is 1. The fraction of sp³-hybridized carbons (Fsp3) is 0.474. The summed E-state index contributed by atoms with van der Waals surface area (Å²) in [6, 6.07) is 7.42. The quantitative estimate of drug-likeness (QED) is 0.620. The molecule has 26 heavy (non-hydrogen) atoms. The predicted molar refractivity (Wildman–Crippen MR) is 100 cm³/mol. The zero-order chi connectivity index (χ0) is 19.1. The Balaban J connectivity index is 2.12. The van der Waals surface area contributed by atoms with Gasteiger partial charge in [0.25, 0.3) is 5.91 Å². The van der Waals surface area contributed by atoms with Crippen LogP contribution in [-0.4, -0.2) is 63.2 Å². The molecule has 1 heterocycles. The summed E-state index contributed by atoms with van der Waals surface area (Å²) in [6.45, 7) is 2.02. The molecule has 1 aliphatic rings. The molecule has 1 N–H and O–H groups in total. The van der Waals surface area contributed by atoms with Crippen LogP contribution in [0.15, 0.2) is 30.0 Å². The van der Waals surface area contributed by atoms with Gasteiger partial charge in [0.15, 0.2) is 0 Å². The summed E-state index contributed by atoms with van der Waals surface area (Å²) in [6.07, 6.45) is 3.64. The Kier molecular flexibility index (Phi) is 6.87. The molecule has 0 aromatic heterocycles. The molecule has 0 atom stereocenters. The fourth-order valence-corrected chi connectivity index (χ4v) is 2.95. The van der Waals surface area contributed by atoms with Crippen LogP contribution in [0.25, 0.3) is 0 Å². The number of carbonyl (C=O) groups excluding carboxylic acids is 1. The maximum atomic E-state index is 12.5. The molecule has 140 valence electrons. The van der Waals surface area contributed by atoms with Crippen molar-refractivity contribution in [3.8, 4) is 17.6 Å². The van der Waals surface area contributed by atoms with Crippen molar-refractivity contribution in [3.63, 3.8) is 0 Å². The average Bonchev–Trinajstić information content (AvgIpc) is 2.66. The SMILES string of the molecule is COc1ccc(OC)c(NC(=O)/C(C#N)=C\N(C)C2CCN(C)CC2)c1. The highest BCUT2D eigenvalue weighted by molar-refractivity contribution is 6.07. The molecule has 1 amide bonds. The molecule has 0 spiro atoms. The first-order valence-corrected chi connectivity index (χ1v) is 8.54. The van der Waals surface area contributed by atoms with Crippen molar-refractivity contribution < 1.29 is 14.3 Å². The number of hydrogen-bond acceptors (Lipinski definition) is 6. The minimum Gasteiger partial charge on any atom is -0.497 e. The molecule has 0 unspecified atom stereocenters. The molecule has 2 rings (SSSR count). The van der Waals surface area contributed by atoms with Gasteiger partial charge in [-0.2, -0.15) is 5.26 Å². The van der Waals surface area contributed by atoms with Crippen LogP contribution in [0.5, 0.6) is 11.5 Å². The van der Waals surface area contributed by atoms with E-state index in [1.807, 2.05) is 18.0 Å². The van der Waals surface area contributed by atoms with E-state index >= 15 is 0 Å². The summed E-state index contributed by atoms with van der Waals surface area (Å²) in [5, 5.41) is 12.2. The number of piperidine rings is 1. The Bertz CT molecular complexity index is 703. The fourth-order valence-electron chi connectivity index (χ4n) is 2.95. The van der Waals surface area contributed by atoms with Gasteiger partial charge in [-0.05, 0) is 45.1 Å². The maximum Gasteiger partial charge on any atom is 0.267 e. The lowest BCUT2D eigenvalue weighted by atomic mass is 10.0. The van der Waals surface area contributed by atoms with Crippen molar-refractivity contribution >= 4 is 11.6 Å². The van der Waals surface area contributed by atoms with E-state index in [2.05, 4.69) is 17.3 Å². The highest BCUT2D eigenvalue weighted by Crippen LogP contribution is 2.29. The lowest BCUT2D eigenvalue weighted by Gasteiger charge is -2.34. The van der Waals surface area contributed by atoms with Crippen LogP contribution in [0.1, 0.15) is 12.8 Å². The van der Waals surface area contributed by atoms with Gasteiger partial charge in [0.2, 0.25) is 0 Å². The summed E-state index contributed by atoms with van der Waals surface area (Å²) in [5.41, 5.74) is 0.510. The summed E-state index contributed by atoms with van der Waals surface area (Å²) >= 11 is 0. The molecule has 7 nitrogen and oxygen atoms in total. The van der Waals surface area contributed by atoms with Gasteiger partial charge in [-0.15, -0.1) is 0 Å². The van der Waals surface area contributed by atoms with E-state index in [-0.39, 0.29) is 5.57 Å². The zero-order valence-corrected chi connectivity index (χ0v) is 15.8. The summed E-state index contributed by atoms with van der Waals surface area (Å²) < 4.78 is 10.4. The Labute approximate surface area is 154 Å². The number of rotatable bonds is 6. The standard InChI is InChI=1S/C19H26N4O3/c1-22-9-7-15(8-10-22)23(2)13-14(12-20)19(24)21-17-11-16(25-3)5-6-18(17)26-4/h5-6,11,13,15H,7-10H2,1-4H3,(H,21,24)/b14-13-. The Hall–Kier alpha value is -2.72. The maximum absolute atomic E-state index is 12.5. The normalized spacial score (nSPS) is 15.9. The smallest absolute Gasteiger partial charge is 0.267 e. The lowest BCUT2D eigenvalue weighted by Crippen LogP contribution is -2.40. The van der Waals surface area contributed by atoms with Gasteiger partial charge in [0.1, 0.15) is 23.1 Å². The number of ether oxygens (including phenoxy) is 2. The van der Waals surface area contributed by atoms with Crippen LogP contribution in [0.3, 0.4) is 0 Å². The number of nitrogens with one attached hydrogen (secondary N) is 1. The number of carbonyl (C=O) groups is 1. The van der Waals surface area contributed by atoms with E-state index in [9.17, 15) is 10.1 Å². The number of benzene rings is 1. The van der Waals surface area contributed by atoms with Crippen molar-refractivity contribution in [1.29, 1.82) is 5.26 Å². The summed E-state index contributed by atoms with van der Waals surface area (Å²) in [4.78, 5) is 16.8. The number of anilines is 1. The molecule has 0 bridgehead atoms. The molecular weight excluding hydrogens is 332 g/mol. The number of amides is 1. The van der Waals surface area contributed by atoms with Gasteiger partial charge in [-0.3, -0.25) is 4.79 Å². The van der Waals surface area contributed by atoms with Crippen LogP contribution in [0.4, 0.5) is 5.69 Å². The number of methoxy groups -OCH3 is 2. The van der Waals surface area contributed by atoms with E-state index < -0.39 is 5.91 Å². The van der Waals surface area contributed by atoms with Crippen molar-refractivity contribution in [2.45, 2.75) is 18.9 Å². The van der Waals surface area contributed by atoms with E-state index in [0.29, 0.717) is 23.2 Å². The highest BCUT2D eigenvalue weighted by atomic mass is 16.5. The van der Waals surface area contributed by atoms with Gasteiger partial charge in [-0.1, -0.05) is 0 Å². The molecule has 0 saturated carbocycles. The summed E-state index contributed by atoms with van der Waals surface area (Å²) in [5.74, 6) is 0.617. The first-order valence-electron chi connectivity index (χ1n) is 8.54. The van der Waals surface area contributed by atoms with Gasteiger partial charge in [0, 0.05) is 25.4 Å². The van der Waals surface area contributed by atoms with Gasteiger partial charge in [-0.25, -0.2) is 0 Å². The van der Waals surface area contributed by atoms with Crippen molar-refractivity contribution in [1.82, 2.24) is 9.80 Å². The second kappa shape index (κ2) is 9.11. The molecular formula is C19H26N4O3. The number of hydrogen-bond donors (Lipinski definition) is 1. The molecule has 1 saturated heterocycles. The molecule has 1 aromatic carbocycles. The molecule has 1 fully saturated rings. The monoisotopic (exact) mass is 358 g/mol. The summed E-state index contributed by atoms with van der Waals surface area (Å²) in [7, 11) is 7.07.